The molecule has 0 saturated carbocycles. The van der Waals surface area contributed by atoms with Crippen LogP contribution in [-0.4, -0.2) is 29.5 Å². The van der Waals surface area contributed by atoms with Gasteiger partial charge in [0.1, 0.15) is 0 Å². The first-order valence-electron chi connectivity index (χ1n) is 17.7. The summed E-state index contributed by atoms with van der Waals surface area (Å²) < 4.78 is 17.7. The van der Waals surface area contributed by atoms with Gasteiger partial charge in [-0.05, 0) is 60.7 Å². The first-order valence-corrected chi connectivity index (χ1v) is 17.7. The minimum atomic E-state index is 0.333. The Balaban J connectivity index is 1.28. The molecule has 0 aliphatic rings. The number of para-hydroxylation sites is 4. The lowest BCUT2D eigenvalue weighted by molar-refractivity contribution is 0.577. The van der Waals surface area contributed by atoms with Crippen molar-refractivity contribution >= 4 is 43.6 Å². The molecule has 0 radical (unpaired) electrons. The number of rotatable bonds is 6. The Morgan fingerprint density at radius 3 is 0.963 bits per heavy atom. The smallest absolute Gasteiger partial charge is 0.249 e. The summed E-state index contributed by atoms with van der Waals surface area (Å²) in [5.74, 6) is 1.49. The number of benzene rings is 7. The van der Waals surface area contributed by atoms with Crippen LogP contribution in [0.4, 0.5) is 0 Å². The third-order valence-corrected chi connectivity index (χ3v) is 10.1. The van der Waals surface area contributed by atoms with Crippen molar-refractivity contribution in [3.8, 4) is 57.2 Å². The lowest BCUT2D eigenvalue weighted by atomic mass is 10.0. The van der Waals surface area contributed by atoms with E-state index in [0.717, 1.165) is 66.1 Å². The highest BCUT2D eigenvalue weighted by Gasteiger charge is 2.26. The molecule has 0 amide bonds. The molecular formula is C46H28N6O2. The molecule has 8 nitrogen and oxygen atoms in total. The van der Waals surface area contributed by atoms with Crippen LogP contribution in [0.1, 0.15) is 0 Å². The average molecular weight is 697 g/mol. The largest absolute Gasteiger partial charge is 0.416 e. The predicted molar refractivity (Wildman–Crippen MR) is 213 cm³/mol. The molecule has 0 N–H and O–H groups in total. The number of hydrogen-bond donors (Lipinski definition) is 0. The molecule has 0 atom stereocenters. The molecule has 11 rings (SSSR count). The van der Waals surface area contributed by atoms with Gasteiger partial charge in [-0.1, -0.05) is 109 Å². The molecule has 7 aromatic carbocycles. The Bertz CT molecular complexity index is 2850. The predicted octanol–water partition coefficient (Wildman–Crippen LogP) is 11.3. The Morgan fingerprint density at radius 2 is 0.611 bits per heavy atom. The zero-order chi connectivity index (χ0) is 35.6. The fraction of sp³-hybridized carbons (Fsp3) is 0. The summed E-state index contributed by atoms with van der Waals surface area (Å²) in [5, 5.41) is 22.9. The van der Waals surface area contributed by atoms with Gasteiger partial charge in [-0.2, -0.15) is 0 Å². The second-order valence-corrected chi connectivity index (χ2v) is 13.2. The minimum absolute atomic E-state index is 0.333. The number of nitrogens with zero attached hydrogens (tertiary/aromatic N) is 6. The van der Waals surface area contributed by atoms with Gasteiger partial charge >= 0.3 is 0 Å². The average Bonchev–Trinajstić information content (AvgIpc) is 4.05. The van der Waals surface area contributed by atoms with Crippen LogP contribution >= 0.6 is 0 Å². The first-order chi connectivity index (χ1) is 26.8. The van der Waals surface area contributed by atoms with Crippen LogP contribution in [0.5, 0.6) is 0 Å². The van der Waals surface area contributed by atoms with Crippen molar-refractivity contribution in [3.05, 3.63) is 170 Å². The van der Waals surface area contributed by atoms with E-state index in [0.29, 0.717) is 34.7 Å². The molecule has 0 bridgehead atoms. The maximum atomic E-state index is 6.50. The molecule has 0 unspecified atom stereocenters. The topological polar surface area (TPSA) is 87.7 Å². The Morgan fingerprint density at radius 1 is 0.315 bits per heavy atom. The van der Waals surface area contributed by atoms with Gasteiger partial charge < -0.3 is 18.0 Å². The van der Waals surface area contributed by atoms with Gasteiger partial charge in [-0.25, -0.2) is 0 Å². The van der Waals surface area contributed by atoms with Gasteiger partial charge in [0.05, 0.1) is 44.6 Å². The highest BCUT2D eigenvalue weighted by molar-refractivity contribution is 6.12. The SMILES string of the molecule is c1ccc(-c2nnc(-c3cc(-n4c5ccccc5c5ccccc54)c(-n4c5ccccc5c5ccccc54)cc3-c3nnc(-c4ccccc4)o3)o2)cc1. The summed E-state index contributed by atoms with van der Waals surface area (Å²) in [6.07, 6.45) is 0. The Hall–Kier alpha value is -7.58. The molecule has 0 spiro atoms. The van der Waals surface area contributed by atoms with E-state index in [-0.39, 0.29) is 0 Å². The number of hydrogen-bond acceptors (Lipinski definition) is 6. The lowest BCUT2D eigenvalue weighted by Gasteiger charge is -2.19. The molecule has 4 aromatic heterocycles. The monoisotopic (exact) mass is 696 g/mol. The Labute approximate surface area is 308 Å². The summed E-state index contributed by atoms with van der Waals surface area (Å²) in [7, 11) is 0. The van der Waals surface area contributed by atoms with Crippen molar-refractivity contribution in [3.63, 3.8) is 0 Å². The fourth-order valence-corrected chi connectivity index (χ4v) is 7.71. The highest BCUT2D eigenvalue weighted by atomic mass is 16.4. The van der Waals surface area contributed by atoms with E-state index in [2.05, 4.69) is 139 Å². The molecular weight excluding hydrogens is 669 g/mol. The van der Waals surface area contributed by atoms with Crippen molar-refractivity contribution in [2.24, 2.45) is 0 Å². The van der Waals surface area contributed by atoms with E-state index >= 15 is 0 Å². The van der Waals surface area contributed by atoms with Gasteiger partial charge in [0, 0.05) is 32.7 Å². The zero-order valence-corrected chi connectivity index (χ0v) is 28.7. The molecule has 8 heteroatoms. The van der Waals surface area contributed by atoms with Crippen LogP contribution < -0.4 is 0 Å². The Kier molecular flexibility index (Phi) is 6.69. The van der Waals surface area contributed by atoms with Crippen LogP contribution in [0, 0.1) is 0 Å². The number of aromatic nitrogens is 6. The van der Waals surface area contributed by atoms with Crippen molar-refractivity contribution in [2.75, 3.05) is 0 Å². The molecule has 0 aliphatic heterocycles. The molecule has 0 aliphatic carbocycles. The molecule has 254 valence electrons. The molecule has 0 fully saturated rings. The summed E-state index contributed by atoms with van der Waals surface area (Å²) >= 11 is 0. The van der Waals surface area contributed by atoms with Crippen LogP contribution in [0.2, 0.25) is 0 Å². The fourth-order valence-electron chi connectivity index (χ4n) is 7.71. The summed E-state index contributed by atoms with van der Waals surface area (Å²) in [5.41, 5.74) is 9.08. The van der Waals surface area contributed by atoms with Crippen molar-refractivity contribution in [1.82, 2.24) is 29.5 Å². The molecule has 4 heterocycles. The standard InChI is InChI=1S/C46H28N6O2/c1-3-15-29(16-4-1)43-47-49-45(53-43)35-27-41(51-37-23-11-7-19-31(37)32-20-8-12-24-38(32)51)42(28-36(35)46-50-48-44(54-46)30-17-5-2-6-18-30)52-39-25-13-9-21-33(39)34-22-10-14-26-40(34)52/h1-28H. The lowest BCUT2D eigenvalue weighted by Crippen LogP contribution is -2.05. The van der Waals surface area contributed by atoms with Crippen LogP contribution in [0.25, 0.3) is 101 Å². The van der Waals surface area contributed by atoms with Gasteiger partial charge in [-0.15, -0.1) is 20.4 Å². The summed E-state index contributed by atoms with van der Waals surface area (Å²) in [6, 6.07) is 57.9. The van der Waals surface area contributed by atoms with Crippen LogP contribution in [-0.2, 0) is 0 Å². The second kappa shape index (κ2) is 12.0. The van der Waals surface area contributed by atoms with Gasteiger partial charge in [0.25, 0.3) is 0 Å². The van der Waals surface area contributed by atoms with Gasteiger partial charge in [-0.3, -0.25) is 0 Å². The van der Waals surface area contributed by atoms with Crippen molar-refractivity contribution < 1.29 is 8.83 Å². The van der Waals surface area contributed by atoms with E-state index in [1.165, 1.54) is 0 Å². The molecule has 54 heavy (non-hydrogen) atoms. The zero-order valence-electron chi connectivity index (χ0n) is 28.7. The van der Waals surface area contributed by atoms with Gasteiger partial charge in [0.15, 0.2) is 0 Å². The normalized spacial score (nSPS) is 11.7. The van der Waals surface area contributed by atoms with E-state index < -0.39 is 0 Å². The quantitative estimate of drug-likeness (QED) is 0.172. The third-order valence-electron chi connectivity index (χ3n) is 10.1. The van der Waals surface area contributed by atoms with Crippen molar-refractivity contribution in [2.45, 2.75) is 0 Å². The van der Waals surface area contributed by atoms with E-state index in [1.807, 2.05) is 60.7 Å². The van der Waals surface area contributed by atoms with Crippen molar-refractivity contribution in [1.29, 1.82) is 0 Å². The number of fused-ring (bicyclic) bond motifs is 6. The van der Waals surface area contributed by atoms with E-state index in [4.69, 9.17) is 8.83 Å². The summed E-state index contributed by atoms with van der Waals surface area (Å²) in [6.45, 7) is 0. The van der Waals surface area contributed by atoms with E-state index in [1.54, 1.807) is 0 Å². The maximum Gasteiger partial charge on any atom is 0.249 e. The van der Waals surface area contributed by atoms with E-state index in [9.17, 15) is 0 Å². The molecule has 0 saturated heterocycles. The maximum absolute atomic E-state index is 6.50. The van der Waals surface area contributed by atoms with Gasteiger partial charge in [0.2, 0.25) is 23.6 Å². The van der Waals surface area contributed by atoms with Crippen LogP contribution in [0.15, 0.2) is 179 Å². The van der Waals surface area contributed by atoms with Crippen LogP contribution in [0.3, 0.4) is 0 Å². The highest BCUT2D eigenvalue weighted by Crippen LogP contribution is 2.43. The third kappa shape index (κ3) is 4.63. The minimum Gasteiger partial charge on any atom is -0.416 e. The molecule has 11 aromatic rings. The summed E-state index contributed by atoms with van der Waals surface area (Å²) in [4.78, 5) is 0. The second-order valence-electron chi connectivity index (χ2n) is 13.2. The first kappa shape index (κ1) is 30.1.